The van der Waals surface area contributed by atoms with Crippen LogP contribution >= 0.6 is 0 Å². The number of rotatable bonds is 3. The van der Waals surface area contributed by atoms with Gasteiger partial charge in [0.2, 0.25) is 0 Å². The number of benzene rings is 2. The second-order valence-electron chi connectivity index (χ2n) is 4.40. The summed E-state index contributed by atoms with van der Waals surface area (Å²) < 4.78 is 0. The Morgan fingerprint density at radius 3 is 1.70 bits per heavy atom. The molecular weight excluding hydrogens is 254 g/mol. The van der Waals surface area contributed by atoms with E-state index in [0.29, 0.717) is 16.9 Å². The summed E-state index contributed by atoms with van der Waals surface area (Å²) in [6.45, 7) is 5.21. The van der Waals surface area contributed by atoms with Crippen molar-refractivity contribution in [1.82, 2.24) is 0 Å². The lowest BCUT2D eigenvalue weighted by Gasteiger charge is -2.24. The van der Waals surface area contributed by atoms with Gasteiger partial charge in [-0.2, -0.15) is 0 Å². The molecule has 0 saturated carbocycles. The van der Waals surface area contributed by atoms with E-state index in [9.17, 15) is 15.0 Å². The summed E-state index contributed by atoms with van der Waals surface area (Å²) >= 11 is 0. The molecule has 2 aromatic carbocycles. The highest BCUT2D eigenvalue weighted by Crippen LogP contribution is 2.38. The first-order chi connectivity index (χ1) is 9.52. The van der Waals surface area contributed by atoms with E-state index in [4.69, 9.17) is 0 Å². The molecule has 0 saturated heterocycles. The molecule has 0 spiro atoms. The van der Waals surface area contributed by atoms with E-state index in [1.807, 2.05) is 0 Å². The van der Waals surface area contributed by atoms with Gasteiger partial charge in [-0.25, -0.2) is 0 Å². The summed E-state index contributed by atoms with van der Waals surface area (Å²) in [4.78, 5) is 13.6. The van der Waals surface area contributed by atoms with Crippen LogP contribution in [0.2, 0.25) is 0 Å². The average molecular weight is 269 g/mol. The minimum absolute atomic E-state index is 0.0506. The minimum Gasteiger partial charge on any atom is -0.506 e. The maximum Gasteiger partial charge on any atom is 0.258 e. The van der Waals surface area contributed by atoms with Crippen LogP contribution in [0.3, 0.4) is 0 Å². The Balaban J connectivity index is 2.63. The topological polar surface area (TPSA) is 60.8 Å². The van der Waals surface area contributed by atoms with E-state index < -0.39 is 5.91 Å². The molecule has 4 heteroatoms. The lowest BCUT2D eigenvalue weighted by atomic mass is 10.1. The molecule has 0 radical (unpaired) electrons. The zero-order chi connectivity index (χ0) is 14.7. The van der Waals surface area contributed by atoms with Crippen molar-refractivity contribution in [2.45, 2.75) is 6.92 Å². The van der Waals surface area contributed by atoms with Gasteiger partial charge < -0.3 is 10.2 Å². The van der Waals surface area contributed by atoms with Crippen molar-refractivity contribution in [3.8, 4) is 11.5 Å². The monoisotopic (exact) mass is 269 g/mol. The summed E-state index contributed by atoms with van der Waals surface area (Å²) in [7, 11) is 0. The molecule has 2 rings (SSSR count). The third-order valence-electron chi connectivity index (χ3n) is 2.81. The molecule has 0 heterocycles. The van der Waals surface area contributed by atoms with Gasteiger partial charge in [-0.05, 0) is 31.2 Å². The Bertz CT molecular complexity index is 619. The maximum absolute atomic E-state index is 12.4. The van der Waals surface area contributed by atoms with Crippen molar-refractivity contribution in [3.05, 3.63) is 60.7 Å². The fourth-order valence-electron chi connectivity index (χ4n) is 1.85. The van der Waals surface area contributed by atoms with Crippen LogP contribution in [0.5, 0.6) is 11.5 Å². The van der Waals surface area contributed by atoms with Crippen molar-refractivity contribution in [1.29, 1.82) is 0 Å². The molecule has 1 amide bonds. The SMILES string of the molecule is C=C(C)C(=O)N(c1ccccc1O)c1ccccc1O. The lowest BCUT2D eigenvalue weighted by molar-refractivity contribution is -0.114. The molecule has 0 aliphatic heterocycles. The van der Waals surface area contributed by atoms with Gasteiger partial charge in [0.05, 0.1) is 11.4 Å². The van der Waals surface area contributed by atoms with Gasteiger partial charge in [0.25, 0.3) is 5.91 Å². The standard InChI is InChI=1S/C16H15NO3/c1-11(2)16(20)17(12-7-3-5-9-14(12)18)13-8-4-6-10-15(13)19/h3-10,18-19H,1H2,2H3. The number of aromatic hydroxyl groups is 2. The van der Waals surface area contributed by atoms with Gasteiger partial charge in [0.1, 0.15) is 11.5 Å². The van der Waals surface area contributed by atoms with Crippen molar-refractivity contribution in [2.24, 2.45) is 0 Å². The Morgan fingerprint density at radius 1 is 0.950 bits per heavy atom. The molecule has 0 aromatic heterocycles. The zero-order valence-electron chi connectivity index (χ0n) is 11.1. The molecule has 0 aliphatic carbocycles. The smallest absolute Gasteiger partial charge is 0.258 e. The number of hydrogen-bond donors (Lipinski definition) is 2. The predicted octanol–water partition coefficient (Wildman–Crippen LogP) is 3.34. The predicted molar refractivity (Wildman–Crippen MR) is 78.2 cm³/mol. The van der Waals surface area contributed by atoms with Crippen LogP contribution in [-0.2, 0) is 4.79 Å². The largest absolute Gasteiger partial charge is 0.506 e. The Morgan fingerprint density at radius 2 is 1.35 bits per heavy atom. The lowest BCUT2D eigenvalue weighted by Crippen LogP contribution is -2.26. The van der Waals surface area contributed by atoms with E-state index >= 15 is 0 Å². The van der Waals surface area contributed by atoms with E-state index in [-0.39, 0.29) is 11.5 Å². The van der Waals surface area contributed by atoms with E-state index in [1.165, 1.54) is 17.0 Å². The second kappa shape index (κ2) is 5.48. The molecule has 0 atom stereocenters. The van der Waals surface area contributed by atoms with Gasteiger partial charge in [0.15, 0.2) is 0 Å². The van der Waals surface area contributed by atoms with Gasteiger partial charge in [0, 0.05) is 5.57 Å². The molecule has 0 fully saturated rings. The Labute approximate surface area is 117 Å². The van der Waals surface area contributed by atoms with Crippen LogP contribution in [0.1, 0.15) is 6.92 Å². The summed E-state index contributed by atoms with van der Waals surface area (Å²) in [6, 6.07) is 12.9. The zero-order valence-corrected chi connectivity index (χ0v) is 11.1. The van der Waals surface area contributed by atoms with Crippen LogP contribution < -0.4 is 4.90 Å². The second-order valence-corrected chi connectivity index (χ2v) is 4.40. The van der Waals surface area contributed by atoms with Crippen LogP contribution in [-0.4, -0.2) is 16.1 Å². The molecule has 0 unspecified atom stereocenters. The molecule has 4 nitrogen and oxygen atoms in total. The number of para-hydroxylation sites is 4. The molecule has 2 aromatic rings. The molecular formula is C16H15NO3. The first-order valence-corrected chi connectivity index (χ1v) is 6.08. The molecule has 102 valence electrons. The third kappa shape index (κ3) is 2.49. The van der Waals surface area contributed by atoms with Crippen LogP contribution in [0.15, 0.2) is 60.7 Å². The summed E-state index contributed by atoms with van der Waals surface area (Å²) in [5.41, 5.74) is 0.889. The molecule has 0 bridgehead atoms. The van der Waals surface area contributed by atoms with Gasteiger partial charge in [-0.1, -0.05) is 30.8 Å². The highest BCUT2D eigenvalue weighted by Gasteiger charge is 2.23. The van der Waals surface area contributed by atoms with Gasteiger partial charge in [-0.3, -0.25) is 9.69 Å². The van der Waals surface area contributed by atoms with E-state index in [0.717, 1.165) is 0 Å². The van der Waals surface area contributed by atoms with E-state index in [1.54, 1.807) is 43.3 Å². The first-order valence-electron chi connectivity index (χ1n) is 6.08. The quantitative estimate of drug-likeness (QED) is 0.840. The van der Waals surface area contributed by atoms with Crippen molar-refractivity contribution >= 4 is 17.3 Å². The van der Waals surface area contributed by atoms with Gasteiger partial charge >= 0.3 is 0 Å². The highest BCUT2D eigenvalue weighted by molar-refractivity contribution is 6.11. The summed E-state index contributed by atoms with van der Waals surface area (Å²) in [5.74, 6) is -0.497. The minimum atomic E-state index is -0.395. The van der Waals surface area contributed by atoms with Crippen LogP contribution in [0, 0.1) is 0 Å². The number of phenols is 2. The van der Waals surface area contributed by atoms with Gasteiger partial charge in [-0.15, -0.1) is 0 Å². The summed E-state index contributed by atoms with van der Waals surface area (Å²) in [6.07, 6.45) is 0. The number of amides is 1. The first kappa shape index (κ1) is 13.7. The molecule has 2 N–H and O–H groups in total. The third-order valence-corrected chi connectivity index (χ3v) is 2.81. The fraction of sp³-hybridized carbons (Fsp3) is 0.0625. The number of hydrogen-bond acceptors (Lipinski definition) is 3. The molecule has 0 aliphatic rings. The van der Waals surface area contributed by atoms with Crippen LogP contribution in [0.25, 0.3) is 0 Å². The van der Waals surface area contributed by atoms with Crippen molar-refractivity contribution in [2.75, 3.05) is 4.90 Å². The van der Waals surface area contributed by atoms with Crippen molar-refractivity contribution in [3.63, 3.8) is 0 Å². The number of carbonyl (C=O) groups excluding carboxylic acids is 1. The normalized spacial score (nSPS) is 10.1. The Kier molecular flexibility index (Phi) is 3.75. The molecule has 20 heavy (non-hydrogen) atoms. The highest BCUT2D eigenvalue weighted by atomic mass is 16.3. The van der Waals surface area contributed by atoms with Crippen molar-refractivity contribution < 1.29 is 15.0 Å². The average Bonchev–Trinajstić information content (AvgIpc) is 2.43. The number of anilines is 2. The number of phenolic OH excluding ortho intramolecular Hbond substituents is 2. The summed E-state index contributed by atoms with van der Waals surface area (Å²) in [5, 5.41) is 19.9. The Hall–Kier alpha value is -2.75. The number of nitrogens with zero attached hydrogens (tertiary/aromatic N) is 1. The number of carbonyl (C=O) groups is 1. The maximum atomic E-state index is 12.4. The van der Waals surface area contributed by atoms with E-state index in [2.05, 4.69) is 6.58 Å². The fourth-order valence-corrected chi connectivity index (χ4v) is 1.85. The van der Waals surface area contributed by atoms with Crippen LogP contribution in [0.4, 0.5) is 11.4 Å².